The van der Waals surface area contributed by atoms with E-state index in [1.807, 2.05) is 20.8 Å². The molecule has 0 bridgehead atoms. The number of carbonyl (C=O) groups excluding carboxylic acids is 2. The molecule has 2 amide bonds. The van der Waals surface area contributed by atoms with Gasteiger partial charge in [-0.15, -0.1) is 0 Å². The fourth-order valence-corrected chi connectivity index (χ4v) is 5.29. The average molecular weight is 523 g/mol. The lowest BCUT2D eigenvalue weighted by atomic mass is 9.80. The van der Waals surface area contributed by atoms with Gasteiger partial charge in [-0.25, -0.2) is 0 Å². The summed E-state index contributed by atoms with van der Waals surface area (Å²) in [7, 11) is 0. The first-order valence-corrected chi connectivity index (χ1v) is 13.4. The van der Waals surface area contributed by atoms with Crippen molar-refractivity contribution >= 4 is 11.8 Å². The van der Waals surface area contributed by atoms with Gasteiger partial charge in [0, 0.05) is 57.2 Å². The Labute approximate surface area is 223 Å². The summed E-state index contributed by atoms with van der Waals surface area (Å²) in [6.45, 7) is 11.1. The summed E-state index contributed by atoms with van der Waals surface area (Å²) < 4.78 is 5.74. The molecular formula is C29H38N4O5. The molecule has 1 aromatic heterocycles. The van der Waals surface area contributed by atoms with Crippen molar-refractivity contribution in [3.8, 4) is 22.8 Å². The maximum atomic E-state index is 13.0. The van der Waals surface area contributed by atoms with Crippen LogP contribution in [0.1, 0.15) is 80.4 Å². The van der Waals surface area contributed by atoms with Crippen molar-refractivity contribution in [1.82, 2.24) is 20.7 Å². The Balaban J connectivity index is 1.62. The van der Waals surface area contributed by atoms with Gasteiger partial charge in [0.1, 0.15) is 11.5 Å². The van der Waals surface area contributed by atoms with Gasteiger partial charge in [-0.2, -0.15) is 0 Å². The number of allylic oxidation sites excluding steroid dienone is 1. The highest BCUT2D eigenvalue weighted by molar-refractivity contribution is 5.96. The SMILES string of the molecule is CCNC(=O)c1noc(-c2cc(C(C)C)c(O)cc2O)c1C1C=CC2=C(CCN(CCCNC(C)=O)C2)C1. The van der Waals surface area contributed by atoms with Crippen LogP contribution in [-0.2, 0) is 4.79 Å². The molecule has 0 saturated heterocycles. The van der Waals surface area contributed by atoms with Crippen molar-refractivity contribution in [2.45, 2.75) is 58.8 Å². The topological polar surface area (TPSA) is 128 Å². The number of hydrogen-bond donors (Lipinski definition) is 4. The van der Waals surface area contributed by atoms with Crippen LogP contribution in [0.5, 0.6) is 11.5 Å². The fourth-order valence-electron chi connectivity index (χ4n) is 5.29. The second kappa shape index (κ2) is 11.9. The molecule has 1 aromatic carbocycles. The maximum Gasteiger partial charge on any atom is 0.273 e. The van der Waals surface area contributed by atoms with E-state index in [1.165, 1.54) is 24.1 Å². The summed E-state index contributed by atoms with van der Waals surface area (Å²) >= 11 is 0. The molecule has 4 rings (SSSR count). The Morgan fingerprint density at radius 3 is 2.71 bits per heavy atom. The predicted molar refractivity (Wildman–Crippen MR) is 145 cm³/mol. The first kappa shape index (κ1) is 27.4. The number of rotatable bonds is 9. The highest BCUT2D eigenvalue weighted by atomic mass is 16.5. The Kier molecular flexibility index (Phi) is 8.56. The summed E-state index contributed by atoms with van der Waals surface area (Å²) in [5.41, 5.74) is 4.59. The zero-order valence-corrected chi connectivity index (χ0v) is 22.6. The molecule has 2 aromatic rings. The van der Waals surface area contributed by atoms with Gasteiger partial charge in [-0.05, 0) is 49.3 Å². The van der Waals surface area contributed by atoms with Gasteiger partial charge >= 0.3 is 0 Å². The lowest BCUT2D eigenvalue weighted by molar-refractivity contribution is -0.118. The Morgan fingerprint density at radius 1 is 1.21 bits per heavy atom. The normalized spacial score (nSPS) is 17.6. The monoisotopic (exact) mass is 522 g/mol. The van der Waals surface area contributed by atoms with Gasteiger partial charge in [-0.3, -0.25) is 14.5 Å². The van der Waals surface area contributed by atoms with Crippen LogP contribution in [-0.4, -0.2) is 64.8 Å². The first-order chi connectivity index (χ1) is 18.2. The molecule has 0 saturated carbocycles. The summed E-state index contributed by atoms with van der Waals surface area (Å²) in [6, 6.07) is 3.04. The first-order valence-electron chi connectivity index (χ1n) is 13.4. The van der Waals surface area contributed by atoms with Crippen molar-refractivity contribution in [3.05, 3.63) is 52.3 Å². The molecule has 0 radical (unpaired) electrons. The number of nitrogens with one attached hydrogen (secondary N) is 2. The summed E-state index contributed by atoms with van der Waals surface area (Å²) in [6.07, 6.45) is 6.80. The number of aromatic nitrogens is 1. The van der Waals surface area contributed by atoms with E-state index in [2.05, 4.69) is 32.8 Å². The van der Waals surface area contributed by atoms with Gasteiger partial charge in [0.25, 0.3) is 5.91 Å². The number of benzene rings is 1. The third-order valence-electron chi connectivity index (χ3n) is 7.26. The highest BCUT2D eigenvalue weighted by Crippen LogP contribution is 2.45. The van der Waals surface area contributed by atoms with Crippen LogP contribution in [0.15, 0.2) is 40.0 Å². The molecule has 204 valence electrons. The van der Waals surface area contributed by atoms with Crippen LogP contribution in [0.3, 0.4) is 0 Å². The molecular weight excluding hydrogens is 484 g/mol. The predicted octanol–water partition coefficient (Wildman–Crippen LogP) is 4.20. The van der Waals surface area contributed by atoms with Gasteiger partial charge < -0.3 is 25.4 Å². The molecule has 4 N–H and O–H groups in total. The second-order valence-electron chi connectivity index (χ2n) is 10.4. The third kappa shape index (κ3) is 5.93. The number of phenols is 2. The molecule has 9 heteroatoms. The minimum atomic E-state index is -0.318. The van der Waals surface area contributed by atoms with E-state index in [9.17, 15) is 19.8 Å². The Morgan fingerprint density at radius 2 is 2.00 bits per heavy atom. The van der Waals surface area contributed by atoms with Crippen molar-refractivity contribution in [3.63, 3.8) is 0 Å². The number of phenolic OH excluding ortho intramolecular Hbond substituents is 2. The number of hydrogen-bond acceptors (Lipinski definition) is 7. The van der Waals surface area contributed by atoms with Crippen molar-refractivity contribution in [1.29, 1.82) is 0 Å². The van der Waals surface area contributed by atoms with Crippen molar-refractivity contribution in [2.75, 3.05) is 32.7 Å². The second-order valence-corrected chi connectivity index (χ2v) is 10.4. The van der Waals surface area contributed by atoms with E-state index in [1.54, 1.807) is 6.07 Å². The van der Waals surface area contributed by atoms with E-state index >= 15 is 0 Å². The molecule has 1 aliphatic heterocycles. The minimum absolute atomic E-state index is 0.00367. The lowest BCUT2D eigenvalue weighted by Gasteiger charge is -2.33. The van der Waals surface area contributed by atoms with Crippen LogP contribution in [0.25, 0.3) is 11.3 Å². The zero-order valence-electron chi connectivity index (χ0n) is 22.6. The van der Waals surface area contributed by atoms with Crippen LogP contribution >= 0.6 is 0 Å². The van der Waals surface area contributed by atoms with Crippen molar-refractivity contribution in [2.24, 2.45) is 0 Å². The van der Waals surface area contributed by atoms with Crippen LogP contribution < -0.4 is 10.6 Å². The van der Waals surface area contributed by atoms with Gasteiger partial charge in [-0.1, -0.05) is 36.7 Å². The molecule has 2 heterocycles. The average Bonchev–Trinajstić information content (AvgIpc) is 3.31. The molecule has 0 fully saturated rings. The summed E-state index contributed by atoms with van der Waals surface area (Å²) in [4.78, 5) is 26.5. The molecule has 9 nitrogen and oxygen atoms in total. The zero-order chi connectivity index (χ0) is 27.4. The Hall–Kier alpha value is -3.59. The van der Waals surface area contributed by atoms with Gasteiger partial charge in [0.05, 0.1) is 5.56 Å². The number of nitrogens with zero attached hydrogens (tertiary/aromatic N) is 2. The van der Waals surface area contributed by atoms with Gasteiger partial charge in [0.15, 0.2) is 11.5 Å². The Bertz CT molecular complexity index is 1260. The molecule has 2 aliphatic rings. The van der Waals surface area contributed by atoms with E-state index in [4.69, 9.17) is 4.52 Å². The van der Waals surface area contributed by atoms with Crippen LogP contribution in [0.2, 0.25) is 0 Å². The largest absolute Gasteiger partial charge is 0.508 e. The van der Waals surface area contributed by atoms with E-state index in [-0.39, 0.29) is 40.8 Å². The van der Waals surface area contributed by atoms with E-state index in [0.717, 1.165) is 38.9 Å². The van der Waals surface area contributed by atoms with E-state index < -0.39 is 0 Å². The molecule has 38 heavy (non-hydrogen) atoms. The molecule has 1 aliphatic carbocycles. The maximum absolute atomic E-state index is 13.0. The fraction of sp³-hybridized carbons (Fsp3) is 0.483. The van der Waals surface area contributed by atoms with Crippen LogP contribution in [0.4, 0.5) is 0 Å². The van der Waals surface area contributed by atoms with Gasteiger partial charge in [0.2, 0.25) is 5.91 Å². The molecule has 1 atom stereocenters. The van der Waals surface area contributed by atoms with E-state index in [0.29, 0.717) is 35.5 Å². The summed E-state index contributed by atoms with van der Waals surface area (Å²) in [5, 5.41) is 30.9. The highest BCUT2D eigenvalue weighted by Gasteiger charge is 2.33. The number of aromatic hydroxyl groups is 2. The number of carbonyl (C=O) groups is 2. The quantitative estimate of drug-likeness (QED) is 0.364. The third-order valence-corrected chi connectivity index (χ3v) is 7.26. The smallest absolute Gasteiger partial charge is 0.273 e. The minimum Gasteiger partial charge on any atom is -0.508 e. The number of amides is 2. The lowest BCUT2D eigenvalue weighted by Crippen LogP contribution is -2.35. The van der Waals surface area contributed by atoms with Crippen molar-refractivity contribution < 1.29 is 24.3 Å². The molecule has 1 unspecified atom stereocenters. The summed E-state index contributed by atoms with van der Waals surface area (Å²) in [5.74, 6) is -0.205. The molecule has 0 spiro atoms. The van der Waals surface area contributed by atoms with Crippen LogP contribution in [0, 0.1) is 0 Å². The standard InChI is InChI=1S/C29H38N4O5/c1-5-30-29(37)27-26(28(38-32-27)23-14-22(17(2)3)24(35)15-25(23)36)20-7-8-21-16-33(12-9-19(21)13-20)11-6-10-31-18(4)34/h7-8,14-15,17,20,35-36H,5-6,9-13,16H2,1-4H3,(H,30,37)(H,31,34).